The molecule has 2 aromatic rings. The van der Waals surface area contributed by atoms with Crippen molar-refractivity contribution in [1.29, 1.82) is 0 Å². The lowest BCUT2D eigenvalue weighted by atomic mass is 10.1. The van der Waals surface area contributed by atoms with E-state index in [1.54, 1.807) is 25.3 Å². The second kappa shape index (κ2) is 11.7. The van der Waals surface area contributed by atoms with Crippen molar-refractivity contribution in [3.05, 3.63) is 70.8 Å². The Kier molecular flexibility index (Phi) is 8.75. The molecular formula is C24H29ClN2O3. The fourth-order valence-electron chi connectivity index (χ4n) is 3.40. The molecule has 0 spiro atoms. The van der Waals surface area contributed by atoms with E-state index >= 15 is 0 Å². The van der Waals surface area contributed by atoms with Crippen molar-refractivity contribution in [2.75, 3.05) is 39.9 Å². The number of halogens is 1. The fourth-order valence-corrected chi connectivity index (χ4v) is 3.62. The fraction of sp³-hybridized carbons (Fsp3) is 0.375. The van der Waals surface area contributed by atoms with E-state index in [4.69, 9.17) is 21.1 Å². The van der Waals surface area contributed by atoms with E-state index < -0.39 is 0 Å². The molecule has 0 unspecified atom stereocenters. The highest BCUT2D eigenvalue weighted by atomic mass is 35.5. The molecular weight excluding hydrogens is 400 g/mol. The highest BCUT2D eigenvalue weighted by Crippen LogP contribution is 2.28. The minimum Gasteiger partial charge on any atom is -0.489 e. The Morgan fingerprint density at radius 1 is 1.20 bits per heavy atom. The van der Waals surface area contributed by atoms with Crippen LogP contribution < -0.4 is 10.1 Å². The molecule has 1 fully saturated rings. The van der Waals surface area contributed by atoms with Crippen LogP contribution >= 0.6 is 11.6 Å². The molecule has 6 heteroatoms. The maximum atomic E-state index is 12.1. The van der Waals surface area contributed by atoms with Gasteiger partial charge >= 0.3 is 0 Å². The van der Waals surface area contributed by atoms with E-state index in [1.165, 1.54) is 5.56 Å². The number of benzene rings is 2. The van der Waals surface area contributed by atoms with Gasteiger partial charge in [0.15, 0.2) is 0 Å². The Morgan fingerprint density at radius 2 is 1.97 bits per heavy atom. The number of hydrogen-bond acceptors (Lipinski definition) is 4. The van der Waals surface area contributed by atoms with Gasteiger partial charge in [-0.25, -0.2) is 0 Å². The first-order valence-corrected chi connectivity index (χ1v) is 10.7. The second-order valence-corrected chi connectivity index (χ2v) is 7.73. The van der Waals surface area contributed by atoms with Crippen molar-refractivity contribution in [3.8, 4) is 5.75 Å². The minimum absolute atomic E-state index is 0.137. The van der Waals surface area contributed by atoms with Crippen LogP contribution in [0.3, 0.4) is 0 Å². The van der Waals surface area contributed by atoms with Crippen molar-refractivity contribution in [2.45, 2.75) is 18.9 Å². The molecule has 0 radical (unpaired) electrons. The van der Waals surface area contributed by atoms with Crippen LogP contribution in [0.25, 0.3) is 6.08 Å². The molecule has 0 aromatic heterocycles. The number of carbonyl (C=O) groups is 1. The lowest BCUT2D eigenvalue weighted by Gasteiger charge is -2.31. The van der Waals surface area contributed by atoms with Crippen LogP contribution in [0.5, 0.6) is 5.75 Å². The van der Waals surface area contributed by atoms with Crippen molar-refractivity contribution in [1.82, 2.24) is 10.2 Å². The Morgan fingerprint density at radius 3 is 2.67 bits per heavy atom. The number of carbonyl (C=O) groups excluding carboxylic acids is 1. The standard InChI is InChI=1S/C24H29ClN2O3/c1-29-17-13-26-24(28)20-9-10-23(22(25)18-20)30-21-11-15-27(16-12-21)14-5-8-19-6-3-2-4-7-19/h2-10,18,21H,11-17H2,1H3,(H,26,28)/b8-5+. The third-order valence-electron chi connectivity index (χ3n) is 5.09. The number of amides is 1. The third-order valence-corrected chi connectivity index (χ3v) is 5.38. The summed E-state index contributed by atoms with van der Waals surface area (Å²) >= 11 is 6.36. The Labute approximate surface area is 183 Å². The summed E-state index contributed by atoms with van der Waals surface area (Å²) in [5, 5.41) is 3.25. The van der Waals surface area contributed by atoms with Gasteiger partial charge in [0.05, 0.1) is 11.6 Å². The van der Waals surface area contributed by atoms with E-state index in [2.05, 4.69) is 34.5 Å². The minimum atomic E-state index is -0.169. The van der Waals surface area contributed by atoms with Gasteiger partial charge in [0.25, 0.3) is 5.91 Å². The van der Waals surface area contributed by atoms with Crippen molar-refractivity contribution in [2.24, 2.45) is 0 Å². The maximum Gasteiger partial charge on any atom is 0.251 e. The normalized spacial score (nSPS) is 15.4. The van der Waals surface area contributed by atoms with Gasteiger partial charge in [0, 0.05) is 38.9 Å². The Bertz CT molecular complexity index is 834. The third kappa shape index (κ3) is 6.87. The van der Waals surface area contributed by atoms with Crippen LogP contribution in [0, 0.1) is 0 Å². The molecule has 30 heavy (non-hydrogen) atoms. The highest BCUT2D eigenvalue weighted by Gasteiger charge is 2.21. The summed E-state index contributed by atoms with van der Waals surface area (Å²) in [5.74, 6) is 0.463. The van der Waals surface area contributed by atoms with Crippen molar-refractivity contribution in [3.63, 3.8) is 0 Å². The SMILES string of the molecule is COCCNC(=O)c1ccc(OC2CCN(C/C=C/c3ccccc3)CC2)c(Cl)c1. The molecule has 1 aliphatic rings. The van der Waals surface area contributed by atoms with Gasteiger partial charge < -0.3 is 14.8 Å². The zero-order valence-electron chi connectivity index (χ0n) is 17.4. The number of hydrogen-bond donors (Lipinski definition) is 1. The zero-order chi connectivity index (χ0) is 21.2. The summed E-state index contributed by atoms with van der Waals surface area (Å²) in [7, 11) is 1.60. The average molecular weight is 429 g/mol. The van der Waals surface area contributed by atoms with E-state index in [9.17, 15) is 4.79 Å². The number of likely N-dealkylation sites (tertiary alicyclic amines) is 1. The predicted octanol–water partition coefficient (Wildman–Crippen LogP) is 4.27. The number of nitrogens with zero attached hydrogens (tertiary/aromatic N) is 1. The maximum absolute atomic E-state index is 12.1. The molecule has 0 atom stereocenters. The Balaban J connectivity index is 1.44. The topological polar surface area (TPSA) is 50.8 Å². The number of nitrogens with one attached hydrogen (secondary N) is 1. The molecule has 0 saturated carbocycles. The summed E-state index contributed by atoms with van der Waals surface area (Å²) in [6, 6.07) is 15.5. The van der Waals surface area contributed by atoms with Gasteiger partial charge in [-0.1, -0.05) is 54.1 Å². The molecule has 1 saturated heterocycles. The van der Waals surface area contributed by atoms with Crippen LogP contribution in [0.4, 0.5) is 0 Å². The lowest BCUT2D eigenvalue weighted by molar-refractivity contribution is 0.0936. The first kappa shape index (κ1) is 22.3. The van der Waals surface area contributed by atoms with Crippen molar-refractivity contribution >= 4 is 23.6 Å². The molecule has 1 amide bonds. The van der Waals surface area contributed by atoms with E-state index in [0.717, 1.165) is 32.5 Å². The number of piperidine rings is 1. The molecule has 2 aromatic carbocycles. The Hall–Kier alpha value is -2.34. The molecule has 0 aliphatic carbocycles. The number of ether oxygens (including phenoxy) is 2. The second-order valence-electron chi connectivity index (χ2n) is 7.32. The van der Waals surface area contributed by atoms with Gasteiger partial charge in [0.1, 0.15) is 11.9 Å². The smallest absolute Gasteiger partial charge is 0.251 e. The lowest BCUT2D eigenvalue weighted by Crippen LogP contribution is -2.38. The van der Waals surface area contributed by atoms with Crippen LogP contribution in [0.2, 0.25) is 5.02 Å². The molecule has 1 aliphatic heterocycles. The predicted molar refractivity (Wildman–Crippen MR) is 121 cm³/mol. The van der Waals surface area contributed by atoms with Gasteiger partial charge in [-0.2, -0.15) is 0 Å². The molecule has 5 nitrogen and oxygen atoms in total. The van der Waals surface area contributed by atoms with Crippen LogP contribution in [0.1, 0.15) is 28.8 Å². The molecule has 1 heterocycles. The van der Waals surface area contributed by atoms with Gasteiger partial charge in [-0.3, -0.25) is 9.69 Å². The summed E-state index contributed by atoms with van der Waals surface area (Å²) in [6.07, 6.45) is 6.42. The zero-order valence-corrected chi connectivity index (χ0v) is 18.1. The first-order chi connectivity index (χ1) is 14.7. The molecule has 1 N–H and O–H groups in total. The number of methoxy groups -OCH3 is 1. The van der Waals surface area contributed by atoms with Gasteiger partial charge in [-0.15, -0.1) is 0 Å². The van der Waals surface area contributed by atoms with Gasteiger partial charge in [0.2, 0.25) is 0 Å². The summed E-state index contributed by atoms with van der Waals surface area (Å²) < 4.78 is 11.1. The van der Waals surface area contributed by atoms with Crippen LogP contribution in [-0.2, 0) is 4.74 Å². The number of rotatable bonds is 9. The molecule has 160 valence electrons. The average Bonchev–Trinajstić information content (AvgIpc) is 2.77. The summed E-state index contributed by atoms with van der Waals surface area (Å²) in [6.45, 7) is 3.85. The van der Waals surface area contributed by atoms with Crippen LogP contribution in [-0.4, -0.2) is 56.8 Å². The van der Waals surface area contributed by atoms with Crippen LogP contribution in [0.15, 0.2) is 54.6 Å². The summed E-state index contributed by atoms with van der Waals surface area (Å²) in [5.41, 5.74) is 1.74. The first-order valence-electron chi connectivity index (χ1n) is 10.3. The molecule has 0 bridgehead atoms. The monoisotopic (exact) mass is 428 g/mol. The van der Waals surface area contributed by atoms with E-state index in [1.807, 2.05) is 18.2 Å². The highest BCUT2D eigenvalue weighted by molar-refractivity contribution is 6.32. The quantitative estimate of drug-likeness (QED) is 0.606. The van der Waals surface area contributed by atoms with E-state index in [-0.39, 0.29) is 12.0 Å². The van der Waals surface area contributed by atoms with E-state index in [0.29, 0.717) is 29.5 Å². The van der Waals surface area contributed by atoms with Gasteiger partial charge in [-0.05, 0) is 36.6 Å². The largest absolute Gasteiger partial charge is 0.489 e. The summed E-state index contributed by atoms with van der Waals surface area (Å²) in [4.78, 5) is 14.5. The molecule has 3 rings (SSSR count). The van der Waals surface area contributed by atoms with Crippen molar-refractivity contribution < 1.29 is 14.3 Å².